The van der Waals surface area contributed by atoms with Gasteiger partial charge >= 0.3 is 11.9 Å². The number of nitrogens with one attached hydrogen (secondary N) is 3. The maximum Gasteiger partial charge on any atom is 0.351 e. The molecule has 0 radical (unpaired) electrons. The molecule has 1 heterocycles. The lowest BCUT2D eigenvalue weighted by atomic mass is 10.2. The van der Waals surface area contributed by atoms with Gasteiger partial charge in [-0.15, -0.1) is 0 Å². The average molecular weight is 656 g/mol. The molecule has 256 valence electrons. The molecule has 2 aromatic carbocycles. The van der Waals surface area contributed by atoms with E-state index in [4.69, 9.17) is 63.3 Å². The van der Waals surface area contributed by atoms with Crippen LogP contribution in [-0.2, 0) is 19.2 Å². The Morgan fingerprint density at radius 3 is 1.78 bits per heavy atom. The molecule has 0 spiro atoms. The minimum atomic E-state index is -2.07. The van der Waals surface area contributed by atoms with Gasteiger partial charge in [-0.2, -0.15) is 0 Å². The second-order valence-electron chi connectivity index (χ2n) is 9.52. The van der Waals surface area contributed by atoms with Crippen molar-refractivity contribution in [3.8, 4) is 28.7 Å². The van der Waals surface area contributed by atoms with Crippen molar-refractivity contribution in [2.45, 2.75) is 6.10 Å². The maximum atomic E-state index is 10.3. The minimum Gasteiger partial charge on any atom is -0.539 e. The predicted molar refractivity (Wildman–Crippen MR) is 155 cm³/mol. The summed E-state index contributed by atoms with van der Waals surface area (Å²) in [6.45, 7) is 6.90. The van der Waals surface area contributed by atoms with Crippen LogP contribution >= 0.6 is 0 Å². The quantitative estimate of drug-likeness (QED) is 0.0873. The Kier molecular flexibility index (Phi) is 17.9. The molecular weight excluding hydrogens is 614 g/mol. The molecule has 1 atom stereocenters. The second kappa shape index (κ2) is 21.0. The van der Waals surface area contributed by atoms with Crippen molar-refractivity contribution < 1.29 is 78.2 Å². The Balaban J connectivity index is 0.000000747. The van der Waals surface area contributed by atoms with Gasteiger partial charge in [0.25, 0.3) is 0 Å². The monoisotopic (exact) mass is 655 g/mol. The number of carbonyl (C=O) groups excluding carboxylic acids is 2. The van der Waals surface area contributed by atoms with Crippen LogP contribution in [0.15, 0.2) is 36.4 Å². The van der Waals surface area contributed by atoms with Crippen molar-refractivity contribution in [3.63, 3.8) is 0 Å². The fourth-order valence-corrected chi connectivity index (χ4v) is 4.29. The number of carboxylic acid groups (broad SMARTS) is 4. The molecule has 0 aromatic heterocycles. The van der Waals surface area contributed by atoms with Crippen LogP contribution in [0.2, 0.25) is 0 Å². The van der Waals surface area contributed by atoms with Gasteiger partial charge < -0.3 is 69.0 Å². The molecule has 1 saturated heterocycles. The van der Waals surface area contributed by atoms with Crippen LogP contribution in [0.25, 0.3) is 0 Å². The smallest absolute Gasteiger partial charge is 0.351 e. The lowest BCUT2D eigenvalue weighted by Crippen LogP contribution is -3.26. The van der Waals surface area contributed by atoms with Crippen LogP contribution < -0.4 is 49.0 Å². The Bertz CT molecular complexity index is 1190. The largest absolute Gasteiger partial charge is 0.539 e. The summed E-state index contributed by atoms with van der Waals surface area (Å²) in [5, 5.41) is 46.3. The van der Waals surface area contributed by atoms with Gasteiger partial charge in [-0.25, -0.2) is 9.59 Å². The number of rotatable bonds is 13. The zero-order valence-electron chi connectivity index (χ0n) is 26.0. The molecule has 6 N–H and O–H groups in total. The van der Waals surface area contributed by atoms with Crippen molar-refractivity contribution in [1.29, 1.82) is 0 Å². The van der Waals surface area contributed by atoms with Crippen LogP contribution in [0.3, 0.4) is 0 Å². The van der Waals surface area contributed by atoms with Crippen molar-refractivity contribution >= 4 is 29.6 Å². The molecule has 3 rings (SSSR count). The van der Waals surface area contributed by atoms with Gasteiger partial charge in [-0.3, -0.25) is 4.90 Å². The van der Waals surface area contributed by atoms with Gasteiger partial charge in [0.15, 0.2) is 34.9 Å². The Labute approximate surface area is 265 Å². The molecule has 0 bridgehead atoms. The van der Waals surface area contributed by atoms with Crippen molar-refractivity contribution in [2.75, 3.05) is 80.9 Å². The van der Waals surface area contributed by atoms with E-state index in [0.717, 1.165) is 45.0 Å². The van der Waals surface area contributed by atoms with Gasteiger partial charge in [0.1, 0.15) is 44.6 Å². The zero-order chi connectivity index (χ0) is 34.6. The maximum absolute atomic E-state index is 10.3. The van der Waals surface area contributed by atoms with Gasteiger partial charge in [0, 0.05) is 31.3 Å². The normalized spacial score (nSPS) is 15.8. The van der Waals surface area contributed by atoms with Crippen molar-refractivity contribution in [2.24, 2.45) is 0 Å². The highest BCUT2D eigenvalue weighted by atomic mass is 16.5. The third-order valence-corrected chi connectivity index (χ3v) is 6.51. The van der Waals surface area contributed by atoms with E-state index in [2.05, 4.69) is 17.4 Å². The summed E-state index contributed by atoms with van der Waals surface area (Å²) in [6.07, 6.45) is -0.624. The minimum absolute atomic E-state index is 0.166. The van der Waals surface area contributed by atoms with E-state index in [9.17, 15) is 5.11 Å². The Morgan fingerprint density at radius 1 is 0.826 bits per heavy atom. The number of quaternary nitrogens is 2. The van der Waals surface area contributed by atoms with E-state index in [0.29, 0.717) is 29.5 Å². The van der Waals surface area contributed by atoms with Crippen LogP contribution in [0.1, 0.15) is 0 Å². The fraction of sp³-hybridized carbons (Fsp3) is 0.448. The fourth-order valence-electron chi connectivity index (χ4n) is 4.29. The molecule has 46 heavy (non-hydrogen) atoms. The van der Waals surface area contributed by atoms with Crippen LogP contribution in [0, 0.1) is 0 Å². The summed E-state index contributed by atoms with van der Waals surface area (Å²) in [6, 6.07) is 11.7. The molecule has 17 nitrogen and oxygen atoms in total. The lowest BCUT2D eigenvalue weighted by Gasteiger charge is -2.30. The molecule has 1 aliphatic rings. The van der Waals surface area contributed by atoms with Crippen LogP contribution in [0.5, 0.6) is 28.7 Å². The average Bonchev–Trinajstić information content (AvgIpc) is 3.05. The van der Waals surface area contributed by atoms with Crippen molar-refractivity contribution in [1.82, 2.24) is 5.32 Å². The first-order chi connectivity index (χ1) is 21.9. The van der Waals surface area contributed by atoms with E-state index in [-0.39, 0.29) is 6.61 Å². The first kappa shape index (κ1) is 39.2. The number of hydrogen-bond donors (Lipinski definition) is 6. The highest BCUT2D eigenvalue weighted by molar-refractivity contribution is 6.26. The summed E-state index contributed by atoms with van der Waals surface area (Å²) in [5.41, 5.74) is 1.25. The number of para-hydroxylation sites is 2. The second-order valence-corrected chi connectivity index (χ2v) is 9.52. The number of ether oxygens (including phenoxy) is 5. The molecule has 0 saturated carbocycles. The van der Waals surface area contributed by atoms with Gasteiger partial charge in [-0.1, -0.05) is 12.1 Å². The summed E-state index contributed by atoms with van der Waals surface area (Å²) in [4.78, 5) is 39.1. The molecule has 2 aromatic rings. The molecule has 1 unspecified atom stereocenters. The summed E-state index contributed by atoms with van der Waals surface area (Å²) in [7, 11) is 6.40. The van der Waals surface area contributed by atoms with E-state index in [1.54, 1.807) is 45.5 Å². The van der Waals surface area contributed by atoms with Crippen LogP contribution in [0.4, 0.5) is 5.69 Å². The molecule has 1 aliphatic heterocycles. The van der Waals surface area contributed by atoms with E-state index >= 15 is 0 Å². The number of benzene rings is 2. The van der Waals surface area contributed by atoms with Gasteiger partial charge in [0.2, 0.25) is 5.75 Å². The Morgan fingerprint density at radius 2 is 1.33 bits per heavy atom. The standard InChI is InChI=1S/C25H37N3O6.2C2H2O4/c1-30-22-8-6-5-7-21(22)28-13-11-27(12-14-28)10-9-26-17-19(29)18-34-20-15-23(31-2)25(33-4)24(16-20)32-3;2*3-1(4)2(5)6/h5-8,15-16,19,26,29H,9-14,17-18H2,1-4H3;2*(H,3,4)(H,5,6). The van der Waals surface area contributed by atoms with Crippen molar-refractivity contribution in [3.05, 3.63) is 36.4 Å². The van der Waals surface area contributed by atoms with E-state index in [1.165, 1.54) is 10.6 Å². The van der Waals surface area contributed by atoms with E-state index < -0.39 is 30.0 Å². The third-order valence-electron chi connectivity index (χ3n) is 6.51. The molecule has 1 fully saturated rings. The summed E-state index contributed by atoms with van der Waals surface area (Å²) in [5.74, 6) is -4.97. The summed E-state index contributed by atoms with van der Waals surface area (Å²) >= 11 is 0. The molecular formula is C29H41N3O14. The number of piperazine rings is 1. The third kappa shape index (κ3) is 13.9. The zero-order valence-corrected chi connectivity index (χ0v) is 26.0. The highest BCUT2D eigenvalue weighted by Gasteiger charge is 2.26. The van der Waals surface area contributed by atoms with Gasteiger partial charge in [-0.05, 0) is 6.07 Å². The number of methoxy groups -OCH3 is 4. The highest BCUT2D eigenvalue weighted by Crippen LogP contribution is 2.40. The topological polar surface area (TPSA) is 242 Å². The number of hydrogen-bond acceptors (Lipinski definition) is 13. The lowest BCUT2D eigenvalue weighted by molar-refractivity contribution is -0.985. The van der Waals surface area contributed by atoms with E-state index in [1.807, 2.05) is 12.1 Å². The predicted octanol–water partition coefficient (Wildman–Crippen LogP) is -5.19. The molecule has 17 heteroatoms. The summed E-state index contributed by atoms with van der Waals surface area (Å²) < 4.78 is 27.3. The first-order valence-electron chi connectivity index (χ1n) is 13.9. The first-order valence-corrected chi connectivity index (χ1v) is 13.9. The number of aliphatic carboxylic acids is 4. The van der Waals surface area contributed by atoms with Gasteiger partial charge in [0.05, 0.1) is 35.0 Å². The SMILES string of the molecule is COc1ccccc1[NH+]1CC[NH+](CCNCC(O)COc2cc(OC)c(OC)c(OC)c2)CC1.O=C([O-])C(=O)O.O=C([O-])C(=O)O. The Hall–Kier alpha value is -4.84. The number of aliphatic hydroxyl groups excluding tert-OH is 1. The van der Waals surface area contributed by atoms with Crippen LogP contribution in [-0.4, -0.2) is 126 Å². The number of aliphatic hydroxyl groups is 1. The number of carbonyl (C=O) groups is 4. The number of carboxylic acids is 4. The molecule has 0 aliphatic carbocycles. The molecule has 0 amide bonds.